The third-order valence-corrected chi connectivity index (χ3v) is 4.74. The fraction of sp³-hybridized carbons (Fsp3) is 0.0909. The third-order valence-electron chi connectivity index (χ3n) is 4.74. The lowest BCUT2D eigenvalue weighted by Crippen LogP contribution is -2.22. The molecular formula is C22H17NO4. The van der Waals surface area contributed by atoms with Crippen LogP contribution in [-0.4, -0.2) is 16.7 Å². The summed E-state index contributed by atoms with van der Waals surface area (Å²) in [5, 5.41) is 10.5. The van der Waals surface area contributed by atoms with E-state index >= 15 is 0 Å². The minimum Gasteiger partial charge on any atom is -0.507 e. The highest BCUT2D eigenvalue weighted by Crippen LogP contribution is 2.42. The summed E-state index contributed by atoms with van der Waals surface area (Å²) >= 11 is 0. The highest BCUT2D eigenvalue weighted by atomic mass is 16.5. The molecule has 0 aromatic heterocycles. The average molecular weight is 359 g/mol. The average Bonchev–Trinajstić information content (AvgIpc) is 2.65. The fourth-order valence-corrected chi connectivity index (χ4v) is 3.29. The van der Waals surface area contributed by atoms with Crippen molar-refractivity contribution in [1.29, 1.82) is 0 Å². The van der Waals surface area contributed by atoms with Crippen LogP contribution in [0.4, 0.5) is 5.69 Å². The number of ketones is 2. The van der Waals surface area contributed by atoms with Crippen LogP contribution in [0.2, 0.25) is 0 Å². The number of anilines is 1. The van der Waals surface area contributed by atoms with Gasteiger partial charge in [0, 0.05) is 17.2 Å². The number of nitrogen functional groups attached to an aromatic ring is 1. The number of ether oxygens (including phenoxy) is 1. The highest BCUT2D eigenvalue weighted by molar-refractivity contribution is 6.31. The van der Waals surface area contributed by atoms with E-state index in [0.717, 1.165) is 11.1 Å². The first kappa shape index (κ1) is 16.8. The second kappa shape index (κ2) is 5.99. The zero-order valence-corrected chi connectivity index (χ0v) is 14.9. The number of nitrogens with two attached hydrogens (primary N) is 1. The van der Waals surface area contributed by atoms with Gasteiger partial charge < -0.3 is 15.6 Å². The molecule has 0 bridgehead atoms. The predicted octanol–water partition coefficient (Wildman–Crippen LogP) is 4.16. The summed E-state index contributed by atoms with van der Waals surface area (Å²) in [5.41, 5.74) is 8.56. The van der Waals surface area contributed by atoms with Gasteiger partial charge >= 0.3 is 0 Å². The molecule has 0 aliphatic heterocycles. The summed E-state index contributed by atoms with van der Waals surface area (Å²) < 4.78 is 5.89. The zero-order chi connectivity index (χ0) is 19.3. The number of hydrogen-bond acceptors (Lipinski definition) is 5. The van der Waals surface area contributed by atoms with Crippen LogP contribution >= 0.6 is 0 Å². The topological polar surface area (TPSA) is 89.6 Å². The molecule has 1 aliphatic carbocycles. The maximum atomic E-state index is 13.0. The molecule has 0 saturated carbocycles. The molecule has 0 heterocycles. The molecule has 1 aliphatic rings. The molecule has 5 heteroatoms. The van der Waals surface area contributed by atoms with Crippen LogP contribution in [0.15, 0.2) is 48.5 Å². The van der Waals surface area contributed by atoms with Crippen molar-refractivity contribution in [2.45, 2.75) is 13.8 Å². The van der Waals surface area contributed by atoms with E-state index < -0.39 is 11.6 Å². The molecule has 4 rings (SSSR count). The first-order chi connectivity index (χ1) is 12.9. The summed E-state index contributed by atoms with van der Waals surface area (Å²) in [6.07, 6.45) is 0. The Balaban J connectivity index is 1.89. The van der Waals surface area contributed by atoms with Crippen LogP contribution in [0.5, 0.6) is 17.2 Å². The van der Waals surface area contributed by atoms with Crippen molar-refractivity contribution < 1.29 is 19.4 Å². The molecule has 3 N–H and O–H groups in total. The number of carbonyl (C=O) groups is 2. The van der Waals surface area contributed by atoms with Gasteiger partial charge in [0.05, 0.1) is 16.8 Å². The van der Waals surface area contributed by atoms with Crippen LogP contribution < -0.4 is 10.5 Å². The second-order valence-corrected chi connectivity index (χ2v) is 6.63. The van der Waals surface area contributed by atoms with Gasteiger partial charge in [-0.1, -0.05) is 36.4 Å². The van der Waals surface area contributed by atoms with Gasteiger partial charge in [-0.3, -0.25) is 9.59 Å². The largest absolute Gasteiger partial charge is 0.507 e. The maximum absolute atomic E-state index is 13.0. The van der Waals surface area contributed by atoms with Gasteiger partial charge in [0.1, 0.15) is 11.5 Å². The summed E-state index contributed by atoms with van der Waals surface area (Å²) in [7, 11) is 0. The van der Waals surface area contributed by atoms with E-state index in [2.05, 4.69) is 0 Å². The van der Waals surface area contributed by atoms with E-state index in [1.54, 1.807) is 24.3 Å². The number of phenols is 1. The molecule has 134 valence electrons. The SMILES string of the molecule is Cc1ccc(C)c(Oc2cc(O)c3c(c2N)C(=O)c2ccccc2C3=O)c1. The van der Waals surface area contributed by atoms with E-state index in [9.17, 15) is 14.7 Å². The summed E-state index contributed by atoms with van der Waals surface area (Å²) in [5.74, 6) is -0.453. The van der Waals surface area contributed by atoms with E-state index in [1.165, 1.54) is 6.07 Å². The van der Waals surface area contributed by atoms with Gasteiger partial charge in [-0.15, -0.1) is 0 Å². The molecule has 0 spiro atoms. The van der Waals surface area contributed by atoms with Gasteiger partial charge in [-0.2, -0.15) is 0 Å². The Morgan fingerprint density at radius 2 is 1.48 bits per heavy atom. The van der Waals surface area contributed by atoms with Gasteiger partial charge in [-0.25, -0.2) is 0 Å². The Morgan fingerprint density at radius 1 is 0.852 bits per heavy atom. The summed E-state index contributed by atoms with van der Waals surface area (Å²) in [4.78, 5) is 25.7. The number of fused-ring (bicyclic) bond motifs is 2. The zero-order valence-electron chi connectivity index (χ0n) is 14.9. The standard InChI is InChI=1S/C22H17NO4/c1-11-7-8-12(2)16(9-11)27-17-10-15(24)18-19(20(17)23)22(26)14-6-4-3-5-13(14)21(18)25/h3-10,24H,23H2,1-2H3. The molecule has 0 radical (unpaired) electrons. The summed E-state index contributed by atoms with van der Waals surface area (Å²) in [6, 6.07) is 13.5. The molecule has 0 saturated heterocycles. The number of hydrogen-bond donors (Lipinski definition) is 2. The van der Waals surface area contributed by atoms with Crippen LogP contribution in [-0.2, 0) is 0 Å². The molecular weight excluding hydrogens is 342 g/mol. The molecule has 3 aromatic carbocycles. The fourth-order valence-electron chi connectivity index (χ4n) is 3.29. The monoisotopic (exact) mass is 359 g/mol. The molecule has 27 heavy (non-hydrogen) atoms. The summed E-state index contributed by atoms with van der Waals surface area (Å²) in [6.45, 7) is 3.81. The Bertz CT molecular complexity index is 1130. The van der Waals surface area contributed by atoms with E-state index in [0.29, 0.717) is 5.75 Å². The van der Waals surface area contributed by atoms with Crippen molar-refractivity contribution in [2.24, 2.45) is 0 Å². The van der Waals surface area contributed by atoms with E-state index in [-0.39, 0.29) is 39.4 Å². The minimum atomic E-state index is -0.428. The third kappa shape index (κ3) is 2.56. The maximum Gasteiger partial charge on any atom is 0.198 e. The lowest BCUT2D eigenvalue weighted by molar-refractivity contribution is 0.0977. The van der Waals surface area contributed by atoms with Crippen molar-refractivity contribution >= 4 is 17.3 Å². The smallest absolute Gasteiger partial charge is 0.198 e. The molecule has 0 atom stereocenters. The first-order valence-electron chi connectivity index (χ1n) is 8.47. The Morgan fingerprint density at radius 3 is 2.15 bits per heavy atom. The van der Waals surface area contributed by atoms with Crippen LogP contribution in [0, 0.1) is 13.8 Å². The Kier molecular flexibility index (Phi) is 3.73. The molecule has 0 fully saturated rings. The lowest BCUT2D eigenvalue weighted by Gasteiger charge is -2.22. The second-order valence-electron chi connectivity index (χ2n) is 6.63. The quantitative estimate of drug-likeness (QED) is 0.414. The number of benzene rings is 3. The van der Waals surface area contributed by atoms with Crippen molar-refractivity contribution in [3.63, 3.8) is 0 Å². The van der Waals surface area contributed by atoms with Crippen LogP contribution in [0.25, 0.3) is 0 Å². The molecule has 0 amide bonds. The molecule has 5 nitrogen and oxygen atoms in total. The van der Waals surface area contributed by atoms with E-state index in [4.69, 9.17) is 10.5 Å². The first-order valence-corrected chi connectivity index (χ1v) is 8.47. The Labute approximate surface area is 156 Å². The lowest BCUT2D eigenvalue weighted by atomic mass is 9.82. The number of rotatable bonds is 2. The number of phenolic OH excluding ortho intramolecular Hbond substituents is 1. The normalized spacial score (nSPS) is 12.5. The number of carbonyl (C=O) groups excluding carboxylic acids is 2. The van der Waals surface area contributed by atoms with Crippen molar-refractivity contribution in [2.75, 3.05) is 5.73 Å². The minimum absolute atomic E-state index is 0.0148. The van der Waals surface area contributed by atoms with Crippen molar-refractivity contribution in [3.8, 4) is 17.2 Å². The molecule has 3 aromatic rings. The van der Waals surface area contributed by atoms with Gasteiger partial charge in [-0.05, 0) is 31.0 Å². The van der Waals surface area contributed by atoms with Gasteiger partial charge in [0.2, 0.25) is 0 Å². The van der Waals surface area contributed by atoms with Crippen LogP contribution in [0.3, 0.4) is 0 Å². The Hall–Kier alpha value is -3.60. The van der Waals surface area contributed by atoms with Gasteiger partial charge in [0.25, 0.3) is 0 Å². The predicted molar refractivity (Wildman–Crippen MR) is 102 cm³/mol. The number of aryl methyl sites for hydroxylation is 2. The van der Waals surface area contributed by atoms with E-state index in [1.807, 2.05) is 32.0 Å². The van der Waals surface area contributed by atoms with Crippen LogP contribution in [0.1, 0.15) is 43.0 Å². The number of aromatic hydroxyl groups is 1. The van der Waals surface area contributed by atoms with Crippen molar-refractivity contribution in [1.82, 2.24) is 0 Å². The van der Waals surface area contributed by atoms with Gasteiger partial charge in [0.15, 0.2) is 17.3 Å². The highest BCUT2D eigenvalue weighted by Gasteiger charge is 2.35. The van der Waals surface area contributed by atoms with Crippen molar-refractivity contribution in [3.05, 3.63) is 81.9 Å². The molecule has 0 unspecified atom stereocenters.